The zero-order valence-corrected chi connectivity index (χ0v) is 20.6. The molecule has 0 bridgehead atoms. The Morgan fingerprint density at radius 1 is 1.18 bits per heavy atom. The second-order valence-corrected chi connectivity index (χ2v) is 10.4. The molecular weight excluding hydrogens is 505 g/mol. The van der Waals surface area contributed by atoms with Gasteiger partial charge in [-0.2, -0.15) is 18.3 Å². The lowest BCUT2D eigenvalue weighted by atomic mass is 9.72. The van der Waals surface area contributed by atoms with Crippen LogP contribution in [0.1, 0.15) is 54.4 Å². The minimum Gasteiger partial charge on any atom is -0.320 e. The summed E-state index contributed by atoms with van der Waals surface area (Å²) in [4.78, 5) is 5.24. The van der Waals surface area contributed by atoms with Crippen LogP contribution in [-0.2, 0) is 19.8 Å². The van der Waals surface area contributed by atoms with Crippen LogP contribution in [0.15, 0.2) is 36.7 Å². The number of pyridine rings is 1. The molecule has 0 radical (unpaired) electrons. The number of likely N-dealkylation sites (tertiary alicyclic amines) is 1. The van der Waals surface area contributed by atoms with E-state index < -0.39 is 24.3 Å². The van der Waals surface area contributed by atoms with Gasteiger partial charge in [-0.15, -0.1) is 10.2 Å². The standard InChI is InChI=1S/C26H26F5N7/c1-37-14-32-36-24(37)21(15-4-2-5-15)16-6-3-7-17(10-16)22-18-11-20(26(29,30)31)33-19(23(18)35-34-22)12-38-9-8-25(27,28)13-38/h3,6-7,10-11,14-15,21H,2,4-5,8-9,12-13H2,1H3,(H,34,35)/t21-/m1/s1. The van der Waals surface area contributed by atoms with Crippen molar-refractivity contribution >= 4 is 10.9 Å². The van der Waals surface area contributed by atoms with E-state index in [1.807, 2.05) is 35.9 Å². The van der Waals surface area contributed by atoms with Crippen LogP contribution in [0.3, 0.4) is 0 Å². The van der Waals surface area contributed by atoms with E-state index in [9.17, 15) is 22.0 Å². The number of alkyl halides is 5. The molecule has 4 aromatic rings. The normalized spacial score (nSPS) is 19.2. The smallest absolute Gasteiger partial charge is 0.320 e. The molecule has 38 heavy (non-hydrogen) atoms. The van der Waals surface area contributed by atoms with Crippen LogP contribution in [0.4, 0.5) is 22.0 Å². The summed E-state index contributed by atoms with van der Waals surface area (Å²) in [6, 6.07) is 8.60. The lowest BCUT2D eigenvalue weighted by Crippen LogP contribution is -2.25. The minimum absolute atomic E-state index is 0.00112. The number of nitrogens with zero attached hydrogens (tertiary/aromatic N) is 6. The summed E-state index contributed by atoms with van der Waals surface area (Å²) < 4.78 is 70.9. The lowest BCUT2D eigenvalue weighted by molar-refractivity contribution is -0.141. The second kappa shape index (κ2) is 9.11. The van der Waals surface area contributed by atoms with Crippen molar-refractivity contribution < 1.29 is 22.0 Å². The zero-order chi connectivity index (χ0) is 26.7. The predicted molar refractivity (Wildman–Crippen MR) is 129 cm³/mol. The highest BCUT2D eigenvalue weighted by molar-refractivity contribution is 5.94. The molecular formula is C26H26F5N7. The van der Waals surface area contributed by atoms with Crippen molar-refractivity contribution in [3.8, 4) is 11.3 Å². The predicted octanol–water partition coefficient (Wildman–Crippen LogP) is 5.55. The van der Waals surface area contributed by atoms with Crippen LogP contribution in [0.2, 0.25) is 0 Å². The number of aryl methyl sites for hydroxylation is 1. The van der Waals surface area contributed by atoms with Crippen molar-refractivity contribution in [1.29, 1.82) is 0 Å². The Morgan fingerprint density at radius 2 is 2.00 bits per heavy atom. The number of nitrogens with one attached hydrogen (secondary N) is 1. The van der Waals surface area contributed by atoms with Gasteiger partial charge < -0.3 is 4.57 Å². The number of H-pyrrole nitrogens is 1. The molecule has 200 valence electrons. The Morgan fingerprint density at radius 3 is 2.63 bits per heavy atom. The third-order valence-corrected chi connectivity index (χ3v) is 7.71. The number of aromatic nitrogens is 6. The zero-order valence-electron chi connectivity index (χ0n) is 20.6. The van der Waals surface area contributed by atoms with Crippen LogP contribution in [0.5, 0.6) is 0 Å². The summed E-state index contributed by atoms with van der Waals surface area (Å²) in [5.74, 6) is -1.62. The molecule has 1 atom stereocenters. The van der Waals surface area contributed by atoms with Gasteiger partial charge in [0.1, 0.15) is 23.5 Å². The maximum Gasteiger partial charge on any atom is 0.433 e. The second-order valence-electron chi connectivity index (χ2n) is 10.4. The van der Waals surface area contributed by atoms with Crippen molar-refractivity contribution in [1.82, 2.24) is 34.8 Å². The lowest BCUT2D eigenvalue weighted by Gasteiger charge is -2.33. The summed E-state index contributed by atoms with van der Waals surface area (Å²) in [5.41, 5.74) is 1.29. The molecule has 3 aromatic heterocycles. The van der Waals surface area contributed by atoms with Gasteiger partial charge in [0.15, 0.2) is 0 Å². The Bertz CT molecular complexity index is 1470. The fourth-order valence-electron chi connectivity index (χ4n) is 5.57. The molecule has 7 nitrogen and oxygen atoms in total. The maximum absolute atomic E-state index is 13.8. The van der Waals surface area contributed by atoms with E-state index in [1.165, 1.54) is 4.90 Å². The van der Waals surface area contributed by atoms with E-state index in [0.29, 0.717) is 22.7 Å². The van der Waals surface area contributed by atoms with E-state index in [0.717, 1.165) is 36.7 Å². The summed E-state index contributed by atoms with van der Waals surface area (Å²) in [5, 5.41) is 15.9. The molecule has 1 N–H and O–H groups in total. The van der Waals surface area contributed by atoms with Crippen molar-refractivity contribution in [3.63, 3.8) is 0 Å². The van der Waals surface area contributed by atoms with Gasteiger partial charge in [0.25, 0.3) is 5.92 Å². The van der Waals surface area contributed by atoms with Gasteiger partial charge in [-0.1, -0.05) is 24.6 Å². The van der Waals surface area contributed by atoms with Gasteiger partial charge in [-0.05, 0) is 36.5 Å². The van der Waals surface area contributed by atoms with E-state index in [-0.39, 0.29) is 36.5 Å². The molecule has 2 fully saturated rings. The summed E-state index contributed by atoms with van der Waals surface area (Å²) in [6.07, 6.45) is -0.102. The molecule has 0 amide bonds. The average Bonchev–Trinajstić information content (AvgIpc) is 3.53. The molecule has 4 heterocycles. The van der Waals surface area contributed by atoms with E-state index in [2.05, 4.69) is 25.4 Å². The molecule has 1 aromatic carbocycles. The monoisotopic (exact) mass is 531 g/mol. The molecule has 1 aliphatic heterocycles. The number of hydrogen-bond donors (Lipinski definition) is 1. The largest absolute Gasteiger partial charge is 0.433 e. The minimum atomic E-state index is -4.70. The number of aromatic amines is 1. The fourth-order valence-corrected chi connectivity index (χ4v) is 5.57. The number of hydrogen-bond acceptors (Lipinski definition) is 5. The van der Waals surface area contributed by atoms with Crippen LogP contribution in [-0.4, -0.2) is 53.9 Å². The van der Waals surface area contributed by atoms with Gasteiger partial charge in [-0.3, -0.25) is 10.00 Å². The van der Waals surface area contributed by atoms with Crippen LogP contribution in [0.25, 0.3) is 22.2 Å². The van der Waals surface area contributed by atoms with Crippen molar-refractivity contribution in [2.75, 3.05) is 13.1 Å². The summed E-state index contributed by atoms with van der Waals surface area (Å²) in [6.45, 7) is -0.562. The Balaban J connectivity index is 1.43. The highest BCUT2D eigenvalue weighted by Gasteiger charge is 2.39. The number of rotatable bonds is 6. The SMILES string of the molecule is Cn1cnnc1[C@@H](c1cccc(-c2n[nH]c3c(CN4CCC(F)(F)C4)nc(C(F)(F)F)cc23)c1)C1CCC1. The molecule has 1 aliphatic carbocycles. The van der Waals surface area contributed by atoms with Crippen LogP contribution in [0, 0.1) is 5.92 Å². The topological polar surface area (TPSA) is 75.5 Å². The molecule has 12 heteroatoms. The fraction of sp³-hybridized carbons (Fsp3) is 0.462. The Kier molecular flexibility index (Phi) is 5.97. The van der Waals surface area contributed by atoms with Crippen LogP contribution >= 0.6 is 0 Å². The first-order chi connectivity index (χ1) is 18.1. The van der Waals surface area contributed by atoms with Gasteiger partial charge in [0.05, 0.1) is 17.8 Å². The third-order valence-electron chi connectivity index (χ3n) is 7.71. The van der Waals surface area contributed by atoms with Crippen molar-refractivity contribution in [3.05, 3.63) is 59.4 Å². The summed E-state index contributed by atoms with van der Waals surface area (Å²) in [7, 11) is 1.90. The van der Waals surface area contributed by atoms with E-state index >= 15 is 0 Å². The summed E-state index contributed by atoms with van der Waals surface area (Å²) >= 11 is 0. The first-order valence-electron chi connectivity index (χ1n) is 12.6. The highest BCUT2D eigenvalue weighted by Crippen LogP contribution is 2.44. The molecule has 2 aliphatic rings. The third kappa shape index (κ3) is 4.55. The van der Waals surface area contributed by atoms with Crippen molar-refractivity contribution in [2.24, 2.45) is 13.0 Å². The van der Waals surface area contributed by atoms with Gasteiger partial charge in [0, 0.05) is 43.4 Å². The van der Waals surface area contributed by atoms with Gasteiger partial charge in [-0.25, -0.2) is 13.8 Å². The first kappa shape index (κ1) is 24.9. The van der Waals surface area contributed by atoms with Crippen molar-refractivity contribution in [2.45, 2.75) is 50.2 Å². The molecule has 1 saturated carbocycles. The number of benzene rings is 1. The Labute approximate surface area is 215 Å². The maximum atomic E-state index is 13.8. The van der Waals surface area contributed by atoms with Gasteiger partial charge >= 0.3 is 6.18 Å². The van der Waals surface area contributed by atoms with Crippen LogP contribution < -0.4 is 0 Å². The molecule has 0 spiro atoms. The number of halogens is 5. The van der Waals surface area contributed by atoms with Gasteiger partial charge in [0.2, 0.25) is 0 Å². The number of fused-ring (bicyclic) bond motifs is 1. The Hall–Kier alpha value is -3.41. The molecule has 6 rings (SSSR count). The highest BCUT2D eigenvalue weighted by atomic mass is 19.4. The molecule has 1 saturated heterocycles. The molecule has 0 unspecified atom stereocenters. The van der Waals surface area contributed by atoms with E-state index in [1.54, 1.807) is 6.33 Å². The quantitative estimate of drug-likeness (QED) is 0.331. The average molecular weight is 532 g/mol. The van der Waals surface area contributed by atoms with E-state index in [4.69, 9.17) is 0 Å². The first-order valence-corrected chi connectivity index (χ1v) is 12.6.